The first-order valence-electron chi connectivity index (χ1n) is 10.2. The molecule has 0 spiro atoms. The fourth-order valence-electron chi connectivity index (χ4n) is 2.71. The van der Waals surface area contributed by atoms with Crippen molar-refractivity contribution in [3.05, 3.63) is 51.2 Å². The molecule has 0 saturated carbocycles. The van der Waals surface area contributed by atoms with Crippen LogP contribution in [0, 0.1) is 0 Å². The highest BCUT2D eigenvalue weighted by Gasteiger charge is 2.09. The Morgan fingerprint density at radius 2 is 1.77 bits per heavy atom. The summed E-state index contributed by atoms with van der Waals surface area (Å²) in [4.78, 5) is 23.6. The highest BCUT2D eigenvalue weighted by atomic mass is 16.5. The molecule has 0 fully saturated rings. The Balaban J connectivity index is 1.71. The molecule has 1 atom stereocenters. The molecule has 0 aliphatic carbocycles. The number of anilines is 1. The molecule has 0 aliphatic heterocycles. The first kappa shape index (κ1) is 23.5. The van der Waals surface area contributed by atoms with Gasteiger partial charge in [-0.2, -0.15) is 0 Å². The number of aromatic nitrogens is 2. The second-order valence-corrected chi connectivity index (χ2v) is 7.01. The first-order chi connectivity index (χ1) is 14.4. The van der Waals surface area contributed by atoms with Gasteiger partial charge in [-0.05, 0) is 18.6 Å². The lowest BCUT2D eigenvalue weighted by molar-refractivity contribution is 0.104. The van der Waals surface area contributed by atoms with Crippen LogP contribution in [0.3, 0.4) is 0 Å². The number of para-hydroxylation sites is 2. The van der Waals surface area contributed by atoms with Crippen LogP contribution >= 0.6 is 0 Å². The minimum Gasteiger partial charge on any atom is -0.490 e. The smallest absolute Gasteiger partial charge is 0.332 e. The summed E-state index contributed by atoms with van der Waals surface area (Å²) in [6.07, 6.45) is 1.34. The molecule has 1 aromatic carbocycles. The summed E-state index contributed by atoms with van der Waals surface area (Å²) < 4.78 is 13.9. The van der Waals surface area contributed by atoms with Gasteiger partial charge in [0.25, 0.3) is 5.56 Å². The van der Waals surface area contributed by atoms with E-state index < -0.39 is 6.10 Å². The van der Waals surface area contributed by atoms with Gasteiger partial charge in [0.05, 0.1) is 6.61 Å². The molecule has 0 aliphatic rings. The summed E-state index contributed by atoms with van der Waals surface area (Å²) in [5.74, 6) is 1.74. The lowest BCUT2D eigenvalue weighted by Gasteiger charge is -2.16. The standard InChI is InChI=1S/C21H32N4O5/c1-4-5-12-29-17-8-6-7-9-18(17)30-15-16(26)14-22-10-11-23-19-13-20(27)25(3)21(28)24(19)2/h6-9,13,16,22-23,26H,4-5,10-12,14-15H2,1-3H3. The molecule has 2 rings (SSSR count). The topological polar surface area (TPSA) is 107 Å². The molecular weight excluding hydrogens is 388 g/mol. The second-order valence-electron chi connectivity index (χ2n) is 7.01. The number of unbranched alkanes of at least 4 members (excludes halogenated alkanes) is 1. The third-order valence-electron chi connectivity index (χ3n) is 4.55. The number of aliphatic hydroxyl groups excluding tert-OH is 1. The van der Waals surface area contributed by atoms with Crippen molar-refractivity contribution in [2.24, 2.45) is 14.1 Å². The molecule has 0 saturated heterocycles. The molecule has 0 radical (unpaired) electrons. The average Bonchev–Trinajstić information content (AvgIpc) is 2.75. The third kappa shape index (κ3) is 6.93. The number of ether oxygens (including phenoxy) is 2. The molecule has 9 nitrogen and oxygen atoms in total. The molecule has 0 bridgehead atoms. The Labute approximate surface area is 176 Å². The van der Waals surface area contributed by atoms with Crippen molar-refractivity contribution < 1.29 is 14.6 Å². The van der Waals surface area contributed by atoms with E-state index in [4.69, 9.17) is 9.47 Å². The average molecular weight is 421 g/mol. The zero-order chi connectivity index (χ0) is 21.9. The van der Waals surface area contributed by atoms with Crippen LogP contribution in [0.1, 0.15) is 19.8 Å². The summed E-state index contributed by atoms with van der Waals surface area (Å²) in [7, 11) is 3.04. The Morgan fingerprint density at radius 1 is 1.07 bits per heavy atom. The van der Waals surface area contributed by atoms with Gasteiger partial charge in [0.2, 0.25) is 0 Å². The van der Waals surface area contributed by atoms with E-state index in [0.717, 1.165) is 17.4 Å². The first-order valence-corrected chi connectivity index (χ1v) is 10.2. The molecule has 166 valence electrons. The van der Waals surface area contributed by atoms with E-state index in [1.165, 1.54) is 17.7 Å². The molecule has 30 heavy (non-hydrogen) atoms. The largest absolute Gasteiger partial charge is 0.490 e. The van der Waals surface area contributed by atoms with Crippen LogP contribution in [0.15, 0.2) is 39.9 Å². The van der Waals surface area contributed by atoms with E-state index in [2.05, 4.69) is 17.6 Å². The van der Waals surface area contributed by atoms with E-state index in [0.29, 0.717) is 43.6 Å². The normalized spacial score (nSPS) is 11.9. The third-order valence-corrected chi connectivity index (χ3v) is 4.55. The highest BCUT2D eigenvalue weighted by Crippen LogP contribution is 2.26. The van der Waals surface area contributed by atoms with E-state index in [1.54, 1.807) is 7.05 Å². The highest BCUT2D eigenvalue weighted by molar-refractivity contribution is 5.39. The van der Waals surface area contributed by atoms with Gasteiger partial charge in [-0.25, -0.2) is 4.79 Å². The quantitative estimate of drug-likeness (QED) is 0.410. The van der Waals surface area contributed by atoms with Gasteiger partial charge in [-0.1, -0.05) is 25.5 Å². The molecule has 1 unspecified atom stereocenters. The number of rotatable bonds is 13. The molecule has 9 heteroatoms. The van der Waals surface area contributed by atoms with E-state index in [9.17, 15) is 14.7 Å². The van der Waals surface area contributed by atoms with Gasteiger partial charge in [0, 0.05) is 39.8 Å². The van der Waals surface area contributed by atoms with Gasteiger partial charge >= 0.3 is 5.69 Å². The van der Waals surface area contributed by atoms with Gasteiger partial charge in [-0.3, -0.25) is 13.9 Å². The van der Waals surface area contributed by atoms with Crippen molar-refractivity contribution in [3.8, 4) is 11.5 Å². The Morgan fingerprint density at radius 3 is 2.47 bits per heavy atom. The minimum absolute atomic E-state index is 0.137. The number of hydrogen-bond donors (Lipinski definition) is 3. The van der Waals surface area contributed by atoms with Crippen LogP contribution in [0.2, 0.25) is 0 Å². The Kier molecular flexibility index (Phi) is 9.43. The number of benzene rings is 1. The predicted octanol–water partition coefficient (Wildman–Crippen LogP) is 0.704. The number of hydrogen-bond acceptors (Lipinski definition) is 7. The minimum atomic E-state index is -0.693. The van der Waals surface area contributed by atoms with E-state index in [1.807, 2.05) is 24.3 Å². The summed E-state index contributed by atoms with van der Waals surface area (Å²) in [6.45, 7) is 4.24. The van der Waals surface area contributed by atoms with E-state index >= 15 is 0 Å². The molecular formula is C21H32N4O5. The summed E-state index contributed by atoms with van der Waals surface area (Å²) in [5.41, 5.74) is -0.746. The number of nitrogens with one attached hydrogen (secondary N) is 2. The Bertz CT molecular complexity index is 909. The van der Waals surface area contributed by atoms with E-state index in [-0.39, 0.29) is 17.9 Å². The summed E-state index contributed by atoms with van der Waals surface area (Å²) in [5, 5.41) is 16.3. The lowest BCUT2D eigenvalue weighted by Crippen LogP contribution is -2.38. The monoisotopic (exact) mass is 420 g/mol. The summed E-state index contributed by atoms with van der Waals surface area (Å²) in [6, 6.07) is 8.80. The Hall–Kier alpha value is -2.78. The maximum Gasteiger partial charge on any atom is 0.332 e. The van der Waals surface area contributed by atoms with Crippen LogP contribution in [0.5, 0.6) is 11.5 Å². The van der Waals surface area contributed by atoms with Crippen molar-refractivity contribution >= 4 is 5.82 Å². The molecule has 1 aromatic heterocycles. The predicted molar refractivity (Wildman–Crippen MR) is 117 cm³/mol. The van der Waals surface area contributed by atoms with Gasteiger partial charge < -0.3 is 25.2 Å². The van der Waals surface area contributed by atoms with Crippen LogP contribution in [0.25, 0.3) is 0 Å². The molecule has 0 amide bonds. The fourth-order valence-corrected chi connectivity index (χ4v) is 2.71. The van der Waals surface area contributed by atoms with Crippen molar-refractivity contribution in [2.75, 3.05) is 38.2 Å². The van der Waals surface area contributed by atoms with Crippen molar-refractivity contribution in [2.45, 2.75) is 25.9 Å². The van der Waals surface area contributed by atoms with Crippen molar-refractivity contribution in [1.29, 1.82) is 0 Å². The number of nitrogens with zero attached hydrogens (tertiary/aromatic N) is 2. The zero-order valence-electron chi connectivity index (χ0n) is 17.9. The van der Waals surface area contributed by atoms with Gasteiger partial charge in [-0.15, -0.1) is 0 Å². The maximum absolute atomic E-state index is 11.9. The fraction of sp³-hybridized carbons (Fsp3) is 0.524. The van der Waals surface area contributed by atoms with Crippen molar-refractivity contribution in [1.82, 2.24) is 14.5 Å². The van der Waals surface area contributed by atoms with Crippen LogP contribution < -0.4 is 31.4 Å². The van der Waals surface area contributed by atoms with Crippen LogP contribution in [-0.2, 0) is 14.1 Å². The van der Waals surface area contributed by atoms with Crippen LogP contribution in [0.4, 0.5) is 5.82 Å². The van der Waals surface area contributed by atoms with Gasteiger partial charge in [0.1, 0.15) is 18.5 Å². The van der Waals surface area contributed by atoms with Crippen molar-refractivity contribution in [3.63, 3.8) is 0 Å². The molecule has 1 heterocycles. The second kappa shape index (κ2) is 12.0. The molecule has 2 aromatic rings. The molecule has 3 N–H and O–H groups in total. The lowest BCUT2D eigenvalue weighted by atomic mass is 10.3. The summed E-state index contributed by atoms with van der Waals surface area (Å²) >= 11 is 0. The number of aliphatic hydroxyl groups is 1. The maximum atomic E-state index is 11.9. The van der Waals surface area contributed by atoms with Gasteiger partial charge in [0.15, 0.2) is 11.5 Å². The SMILES string of the molecule is CCCCOc1ccccc1OCC(O)CNCCNc1cc(=O)n(C)c(=O)n1C. The zero-order valence-corrected chi connectivity index (χ0v) is 17.9. The van der Waals surface area contributed by atoms with Crippen LogP contribution in [-0.4, -0.2) is 53.2 Å².